The molecule has 0 heterocycles. The SMILES string of the molecule is CC(C)(C)OC(=O)NC(CCCCNC(=O)OCCN=[N+]=[N-])C(=O)O. The van der Waals surface area contributed by atoms with Gasteiger partial charge in [-0.05, 0) is 45.6 Å². The number of alkyl carbamates (subject to hydrolysis) is 2. The summed E-state index contributed by atoms with van der Waals surface area (Å²) in [5.74, 6) is -1.16. The predicted molar refractivity (Wildman–Crippen MR) is 88.0 cm³/mol. The van der Waals surface area contributed by atoms with Crippen molar-refractivity contribution in [3.05, 3.63) is 10.4 Å². The highest BCUT2D eigenvalue weighted by atomic mass is 16.6. The third-order valence-electron chi connectivity index (χ3n) is 2.67. The molecule has 0 saturated carbocycles. The molecule has 0 bridgehead atoms. The maximum Gasteiger partial charge on any atom is 0.408 e. The van der Waals surface area contributed by atoms with Crippen molar-refractivity contribution in [1.29, 1.82) is 0 Å². The standard InChI is InChI=1S/C14H25N5O6/c1-14(2,3)25-13(23)18-10(11(20)21)6-4-5-7-16-12(22)24-9-8-17-19-15/h10H,4-9H2,1-3H3,(H,16,22)(H,18,23)(H,20,21). The summed E-state index contributed by atoms with van der Waals surface area (Å²) < 4.78 is 9.74. The molecule has 0 aromatic heterocycles. The van der Waals surface area contributed by atoms with E-state index in [4.69, 9.17) is 20.1 Å². The third-order valence-corrected chi connectivity index (χ3v) is 2.67. The molecule has 0 aliphatic rings. The number of rotatable bonds is 10. The fourth-order valence-corrected chi connectivity index (χ4v) is 1.65. The van der Waals surface area contributed by atoms with Crippen molar-refractivity contribution in [3.8, 4) is 0 Å². The van der Waals surface area contributed by atoms with Crippen molar-refractivity contribution in [1.82, 2.24) is 10.6 Å². The molecule has 11 nitrogen and oxygen atoms in total. The Morgan fingerprint density at radius 2 is 1.92 bits per heavy atom. The molecular formula is C14H25N5O6. The molecule has 0 rings (SSSR count). The number of nitrogens with one attached hydrogen (secondary N) is 2. The van der Waals surface area contributed by atoms with E-state index in [-0.39, 0.29) is 19.6 Å². The van der Waals surface area contributed by atoms with E-state index in [1.165, 1.54) is 0 Å². The first kappa shape index (κ1) is 22.3. The van der Waals surface area contributed by atoms with Gasteiger partial charge in [-0.25, -0.2) is 14.4 Å². The lowest BCUT2D eigenvalue weighted by Crippen LogP contribution is -2.43. The molecule has 0 aromatic rings. The predicted octanol–water partition coefficient (Wildman–Crippen LogP) is 2.17. The summed E-state index contributed by atoms with van der Waals surface area (Å²) in [6, 6.07) is -1.06. The van der Waals surface area contributed by atoms with Crippen LogP contribution >= 0.6 is 0 Å². The molecule has 0 aliphatic heterocycles. The number of hydrogen-bond donors (Lipinski definition) is 3. The number of aliphatic carboxylic acids is 1. The van der Waals surface area contributed by atoms with Crippen LogP contribution in [0.2, 0.25) is 0 Å². The second-order valence-corrected chi connectivity index (χ2v) is 6.05. The maximum atomic E-state index is 11.6. The minimum Gasteiger partial charge on any atom is -0.480 e. The first-order chi connectivity index (χ1) is 11.7. The highest BCUT2D eigenvalue weighted by molar-refractivity contribution is 5.79. The molecule has 25 heavy (non-hydrogen) atoms. The van der Waals surface area contributed by atoms with Crippen LogP contribution in [0.3, 0.4) is 0 Å². The molecule has 0 aliphatic carbocycles. The van der Waals surface area contributed by atoms with Crippen molar-refractivity contribution in [2.75, 3.05) is 19.7 Å². The second kappa shape index (κ2) is 11.8. The quantitative estimate of drug-likeness (QED) is 0.234. The van der Waals surface area contributed by atoms with Gasteiger partial charge in [0.25, 0.3) is 0 Å². The molecule has 3 N–H and O–H groups in total. The number of carbonyl (C=O) groups is 3. The molecule has 0 saturated heterocycles. The molecule has 0 fully saturated rings. The Labute approximate surface area is 145 Å². The zero-order valence-corrected chi connectivity index (χ0v) is 14.7. The van der Waals surface area contributed by atoms with Crippen LogP contribution in [0.4, 0.5) is 9.59 Å². The Hall–Kier alpha value is -2.68. The van der Waals surface area contributed by atoms with Crippen molar-refractivity contribution in [2.24, 2.45) is 5.11 Å². The average molecular weight is 359 g/mol. The number of carboxylic acids is 1. The molecule has 142 valence electrons. The van der Waals surface area contributed by atoms with Crippen LogP contribution in [-0.2, 0) is 14.3 Å². The van der Waals surface area contributed by atoms with Crippen LogP contribution in [0.15, 0.2) is 5.11 Å². The monoisotopic (exact) mass is 359 g/mol. The lowest BCUT2D eigenvalue weighted by molar-refractivity contribution is -0.139. The van der Waals surface area contributed by atoms with Crippen LogP contribution in [0.5, 0.6) is 0 Å². The van der Waals surface area contributed by atoms with E-state index in [0.717, 1.165) is 0 Å². The minimum absolute atomic E-state index is 0.0171. The fraction of sp³-hybridized carbons (Fsp3) is 0.786. The van der Waals surface area contributed by atoms with Crippen molar-refractivity contribution in [3.63, 3.8) is 0 Å². The smallest absolute Gasteiger partial charge is 0.408 e. The number of ether oxygens (including phenoxy) is 2. The number of nitrogens with zero attached hydrogens (tertiary/aromatic N) is 3. The molecule has 0 radical (unpaired) electrons. The topological polar surface area (TPSA) is 163 Å². The number of unbranched alkanes of at least 4 members (excludes halogenated alkanes) is 1. The van der Waals surface area contributed by atoms with Crippen LogP contribution in [0, 0.1) is 0 Å². The van der Waals surface area contributed by atoms with E-state index in [0.29, 0.717) is 19.4 Å². The number of hydrogen-bond acceptors (Lipinski definition) is 6. The van der Waals surface area contributed by atoms with Gasteiger partial charge in [-0.3, -0.25) is 0 Å². The van der Waals surface area contributed by atoms with Gasteiger partial charge in [-0.1, -0.05) is 5.11 Å². The van der Waals surface area contributed by atoms with Crippen molar-refractivity contribution in [2.45, 2.75) is 51.7 Å². The largest absolute Gasteiger partial charge is 0.480 e. The molecule has 0 spiro atoms. The summed E-state index contributed by atoms with van der Waals surface area (Å²) in [6.45, 7) is 5.37. The maximum absolute atomic E-state index is 11.6. The van der Waals surface area contributed by atoms with Crippen LogP contribution in [0.25, 0.3) is 10.4 Å². The highest BCUT2D eigenvalue weighted by Gasteiger charge is 2.23. The van der Waals surface area contributed by atoms with E-state index in [1.54, 1.807) is 20.8 Å². The van der Waals surface area contributed by atoms with Gasteiger partial charge in [0.1, 0.15) is 11.6 Å². The number of carbonyl (C=O) groups excluding carboxylic acids is 2. The lowest BCUT2D eigenvalue weighted by Gasteiger charge is -2.22. The van der Waals surface area contributed by atoms with Crippen LogP contribution in [-0.4, -0.2) is 54.6 Å². The summed E-state index contributed by atoms with van der Waals surface area (Å²) in [6.07, 6.45) is -0.268. The van der Waals surface area contributed by atoms with Gasteiger partial charge >= 0.3 is 18.2 Å². The molecule has 1 unspecified atom stereocenters. The van der Waals surface area contributed by atoms with Gasteiger partial charge in [0, 0.05) is 11.5 Å². The average Bonchev–Trinajstić information content (AvgIpc) is 2.48. The van der Waals surface area contributed by atoms with E-state index >= 15 is 0 Å². The Morgan fingerprint density at radius 3 is 2.48 bits per heavy atom. The van der Waals surface area contributed by atoms with E-state index in [1.807, 2.05) is 0 Å². The Bertz CT molecular complexity index is 498. The Kier molecular flexibility index (Phi) is 10.5. The van der Waals surface area contributed by atoms with Gasteiger partial charge in [0.2, 0.25) is 0 Å². The Balaban J connectivity index is 3.97. The zero-order chi connectivity index (χ0) is 19.3. The van der Waals surface area contributed by atoms with Gasteiger partial charge in [-0.2, -0.15) is 0 Å². The highest BCUT2D eigenvalue weighted by Crippen LogP contribution is 2.08. The minimum atomic E-state index is -1.16. The van der Waals surface area contributed by atoms with Crippen molar-refractivity contribution < 1.29 is 29.0 Å². The second-order valence-electron chi connectivity index (χ2n) is 6.05. The van der Waals surface area contributed by atoms with E-state index in [2.05, 4.69) is 20.7 Å². The van der Waals surface area contributed by atoms with Crippen LogP contribution < -0.4 is 10.6 Å². The number of azide groups is 1. The van der Waals surface area contributed by atoms with Gasteiger partial charge < -0.3 is 25.2 Å². The summed E-state index contributed by atoms with van der Waals surface area (Å²) in [5.41, 5.74) is 7.34. The van der Waals surface area contributed by atoms with Crippen LogP contribution in [0.1, 0.15) is 40.0 Å². The zero-order valence-electron chi connectivity index (χ0n) is 14.7. The summed E-state index contributed by atoms with van der Waals surface area (Å²) >= 11 is 0. The first-order valence-electron chi connectivity index (χ1n) is 7.79. The first-order valence-corrected chi connectivity index (χ1v) is 7.79. The lowest BCUT2D eigenvalue weighted by atomic mass is 10.1. The van der Waals surface area contributed by atoms with Gasteiger partial charge in [-0.15, -0.1) is 0 Å². The van der Waals surface area contributed by atoms with E-state index < -0.39 is 29.8 Å². The fourth-order valence-electron chi connectivity index (χ4n) is 1.65. The summed E-state index contributed by atoms with van der Waals surface area (Å²) in [7, 11) is 0. The molecule has 2 amide bonds. The summed E-state index contributed by atoms with van der Waals surface area (Å²) in [4.78, 5) is 36.5. The third kappa shape index (κ3) is 13.5. The normalized spacial score (nSPS) is 11.6. The molecule has 0 aromatic carbocycles. The molecular weight excluding hydrogens is 334 g/mol. The molecule has 1 atom stereocenters. The Morgan fingerprint density at radius 1 is 1.24 bits per heavy atom. The number of carboxylic acid groups (broad SMARTS) is 1. The van der Waals surface area contributed by atoms with Gasteiger partial charge in [0.15, 0.2) is 0 Å². The van der Waals surface area contributed by atoms with Gasteiger partial charge in [0.05, 0.1) is 13.2 Å². The van der Waals surface area contributed by atoms with E-state index in [9.17, 15) is 14.4 Å². The number of amides is 2. The molecule has 11 heteroatoms. The van der Waals surface area contributed by atoms with Crippen molar-refractivity contribution >= 4 is 18.2 Å². The summed E-state index contributed by atoms with van der Waals surface area (Å²) in [5, 5.41) is 17.1.